The molecule has 0 saturated carbocycles. The smallest absolute Gasteiger partial charge is 0.326 e. The molecule has 1 aliphatic heterocycles. The summed E-state index contributed by atoms with van der Waals surface area (Å²) in [5, 5.41) is 11.5. The lowest BCUT2D eigenvalue weighted by Gasteiger charge is -2.31. The highest BCUT2D eigenvalue weighted by Gasteiger charge is 2.37. The number of nitrogens with one attached hydrogen (secondary N) is 1. The Morgan fingerprint density at radius 1 is 1.50 bits per heavy atom. The van der Waals surface area contributed by atoms with Crippen LogP contribution in [0.2, 0.25) is 0 Å². The Labute approximate surface area is 93.6 Å². The van der Waals surface area contributed by atoms with Crippen molar-refractivity contribution in [1.82, 2.24) is 10.2 Å². The van der Waals surface area contributed by atoms with Crippen molar-refractivity contribution in [3.63, 3.8) is 0 Å². The van der Waals surface area contributed by atoms with Crippen molar-refractivity contribution in [3.05, 3.63) is 0 Å². The predicted molar refractivity (Wildman–Crippen MR) is 55.8 cm³/mol. The third kappa shape index (κ3) is 2.71. The van der Waals surface area contributed by atoms with Gasteiger partial charge in [0.25, 0.3) is 0 Å². The maximum absolute atomic E-state index is 11.7. The lowest BCUT2D eigenvalue weighted by molar-refractivity contribution is -0.150. The van der Waals surface area contributed by atoms with E-state index in [-0.39, 0.29) is 12.5 Å². The second-order valence-corrected chi connectivity index (χ2v) is 4.11. The van der Waals surface area contributed by atoms with Crippen LogP contribution in [-0.2, 0) is 9.59 Å². The van der Waals surface area contributed by atoms with Crippen molar-refractivity contribution in [1.29, 1.82) is 0 Å². The van der Waals surface area contributed by atoms with Crippen molar-refractivity contribution < 1.29 is 19.5 Å². The lowest BCUT2D eigenvalue weighted by Crippen LogP contribution is -2.55. The van der Waals surface area contributed by atoms with Gasteiger partial charge in [-0.1, -0.05) is 0 Å². The van der Waals surface area contributed by atoms with Crippen LogP contribution in [0.15, 0.2) is 0 Å². The molecule has 1 saturated heterocycles. The minimum absolute atomic E-state index is 0.128. The van der Waals surface area contributed by atoms with E-state index in [9.17, 15) is 14.4 Å². The highest BCUT2D eigenvalue weighted by molar-refractivity contribution is 5.99. The Balaban J connectivity index is 2.81. The summed E-state index contributed by atoms with van der Waals surface area (Å²) in [6.07, 6.45) is 1.07. The minimum atomic E-state index is -1.13. The Kier molecular flexibility index (Phi) is 3.87. The molecule has 1 atom stereocenters. The van der Waals surface area contributed by atoms with E-state index in [1.807, 2.05) is 0 Å². The number of aliphatic carboxylic acids is 1. The van der Waals surface area contributed by atoms with Crippen LogP contribution >= 0.6 is 0 Å². The number of carbonyl (C=O) groups is 3. The number of nitrogens with zero attached hydrogens (tertiary/aromatic N) is 1. The van der Waals surface area contributed by atoms with Gasteiger partial charge in [0.1, 0.15) is 6.04 Å². The molecular weight excluding hydrogens is 212 g/mol. The van der Waals surface area contributed by atoms with Gasteiger partial charge in [0.2, 0.25) is 5.91 Å². The Hall–Kier alpha value is -1.59. The van der Waals surface area contributed by atoms with E-state index >= 15 is 0 Å². The SMILES string of the molecule is CC(C)NC(=O)N1C(=O)CCCC1C(=O)O. The van der Waals surface area contributed by atoms with E-state index in [0.29, 0.717) is 12.8 Å². The van der Waals surface area contributed by atoms with Crippen molar-refractivity contribution in [3.8, 4) is 0 Å². The van der Waals surface area contributed by atoms with Crippen LogP contribution in [0.25, 0.3) is 0 Å². The molecule has 0 aromatic heterocycles. The first-order valence-electron chi connectivity index (χ1n) is 5.29. The van der Waals surface area contributed by atoms with Gasteiger partial charge in [-0.3, -0.25) is 4.79 Å². The first-order valence-corrected chi connectivity index (χ1v) is 5.29. The zero-order valence-corrected chi connectivity index (χ0v) is 9.40. The summed E-state index contributed by atoms with van der Waals surface area (Å²) in [4.78, 5) is 35.0. The molecule has 0 aromatic carbocycles. The fourth-order valence-electron chi connectivity index (χ4n) is 1.68. The number of carboxylic acid groups (broad SMARTS) is 1. The lowest BCUT2D eigenvalue weighted by atomic mass is 10.0. The molecule has 16 heavy (non-hydrogen) atoms. The summed E-state index contributed by atoms with van der Waals surface area (Å²) < 4.78 is 0. The number of hydrogen-bond donors (Lipinski definition) is 2. The number of imide groups is 1. The number of carbonyl (C=O) groups excluding carboxylic acids is 2. The average Bonchev–Trinajstić information content (AvgIpc) is 2.15. The van der Waals surface area contributed by atoms with E-state index in [1.54, 1.807) is 13.8 Å². The van der Waals surface area contributed by atoms with Crippen molar-refractivity contribution in [2.24, 2.45) is 0 Å². The molecule has 0 aromatic rings. The molecule has 1 heterocycles. The average molecular weight is 228 g/mol. The fraction of sp³-hybridized carbons (Fsp3) is 0.700. The first-order chi connectivity index (χ1) is 7.43. The van der Waals surface area contributed by atoms with Crippen molar-refractivity contribution >= 4 is 17.9 Å². The van der Waals surface area contributed by atoms with E-state index in [2.05, 4.69) is 5.32 Å². The second kappa shape index (κ2) is 4.96. The maximum atomic E-state index is 11.7. The van der Waals surface area contributed by atoms with Gasteiger partial charge in [-0.15, -0.1) is 0 Å². The van der Waals surface area contributed by atoms with Crippen molar-refractivity contribution in [2.75, 3.05) is 0 Å². The molecule has 2 N–H and O–H groups in total. The molecular formula is C10H16N2O4. The minimum Gasteiger partial charge on any atom is -0.480 e. The standard InChI is InChI=1S/C10H16N2O4/c1-6(2)11-10(16)12-7(9(14)15)4-3-5-8(12)13/h6-7H,3-5H2,1-2H3,(H,11,16)(H,14,15). The quantitative estimate of drug-likeness (QED) is 0.723. The zero-order valence-electron chi connectivity index (χ0n) is 9.40. The molecule has 0 radical (unpaired) electrons. The van der Waals surface area contributed by atoms with Gasteiger partial charge >= 0.3 is 12.0 Å². The van der Waals surface area contributed by atoms with Crippen LogP contribution in [0.4, 0.5) is 4.79 Å². The Bertz CT molecular complexity index is 314. The number of urea groups is 1. The first kappa shape index (κ1) is 12.5. The molecule has 6 heteroatoms. The van der Waals surface area contributed by atoms with Crippen LogP contribution < -0.4 is 5.32 Å². The predicted octanol–water partition coefficient (Wildman–Crippen LogP) is 0.570. The molecule has 0 bridgehead atoms. The molecule has 0 aliphatic carbocycles. The van der Waals surface area contributed by atoms with Crippen LogP contribution in [0.1, 0.15) is 33.1 Å². The Morgan fingerprint density at radius 3 is 2.62 bits per heavy atom. The summed E-state index contributed by atoms with van der Waals surface area (Å²) in [6, 6.07) is -1.77. The topological polar surface area (TPSA) is 86.7 Å². The molecule has 6 nitrogen and oxygen atoms in total. The van der Waals surface area contributed by atoms with Crippen LogP contribution in [-0.4, -0.2) is 40.0 Å². The summed E-state index contributed by atoms with van der Waals surface area (Å²) >= 11 is 0. The molecule has 1 rings (SSSR count). The van der Waals surface area contributed by atoms with Gasteiger partial charge < -0.3 is 10.4 Å². The third-order valence-electron chi connectivity index (χ3n) is 2.36. The normalized spacial score (nSPS) is 21.1. The summed E-state index contributed by atoms with van der Waals surface area (Å²) in [5.41, 5.74) is 0. The molecule has 90 valence electrons. The van der Waals surface area contributed by atoms with Crippen molar-refractivity contribution in [2.45, 2.75) is 45.2 Å². The van der Waals surface area contributed by atoms with E-state index in [0.717, 1.165) is 4.90 Å². The maximum Gasteiger partial charge on any atom is 0.326 e. The third-order valence-corrected chi connectivity index (χ3v) is 2.36. The number of hydrogen-bond acceptors (Lipinski definition) is 3. The van der Waals surface area contributed by atoms with Crippen LogP contribution in [0.5, 0.6) is 0 Å². The van der Waals surface area contributed by atoms with Gasteiger partial charge in [-0.25, -0.2) is 14.5 Å². The zero-order chi connectivity index (χ0) is 12.3. The summed E-state index contributed by atoms with van der Waals surface area (Å²) in [6.45, 7) is 3.50. The van der Waals surface area contributed by atoms with E-state index in [4.69, 9.17) is 5.11 Å². The number of piperidine rings is 1. The number of rotatable bonds is 2. The summed E-state index contributed by atoms with van der Waals surface area (Å²) in [7, 11) is 0. The van der Waals surface area contributed by atoms with E-state index in [1.165, 1.54) is 0 Å². The summed E-state index contributed by atoms with van der Waals surface area (Å²) in [5.74, 6) is -1.55. The van der Waals surface area contributed by atoms with Gasteiger partial charge in [0, 0.05) is 12.5 Å². The number of carboxylic acids is 1. The van der Waals surface area contributed by atoms with E-state index < -0.39 is 23.9 Å². The van der Waals surface area contributed by atoms with Crippen LogP contribution in [0.3, 0.4) is 0 Å². The van der Waals surface area contributed by atoms with Crippen LogP contribution in [0, 0.1) is 0 Å². The van der Waals surface area contributed by atoms with Gasteiger partial charge in [-0.05, 0) is 26.7 Å². The van der Waals surface area contributed by atoms with Gasteiger partial charge in [0.05, 0.1) is 0 Å². The highest BCUT2D eigenvalue weighted by atomic mass is 16.4. The molecule has 1 aliphatic rings. The monoisotopic (exact) mass is 228 g/mol. The Morgan fingerprint density at radius 2 is 2.12 bits per heavy atom. The number of amides is 3. The molecule has 3 amide bonds. The van der Waals surface area contributed by atoms with Gasteiger partial charge in [0.15, 0.2) is 0 Å². The molecule has 0 spiro atoms. The molecule has 1 fully saturated rings. The number of likely N-dealkylation sites (tertiary alicyclic amines) is 1. The highest BCUT2D eigenvalue weighted by Crippen LogP contribution is 2.18. The van der Waals surface area contributed by atoms with Gasteiger partial charge in [-0.2, -0.15) is 0 Å². The fourth-order valence-corrected chi connectivity index (χ4v) is 1.68. The largest absolute Gasteiger partial charge is 0.480 e. The molecule has 1 unspecified atom stereocenters. The second-order valence-electron chi connectivity index (χ2n) is 4.11.